The molecule has 0 aromatic carbocycles. The van der Waals surface area contributed by atoms with Crippen LogP contribution in [0.1, 0.15) is 27.4 Å². The molecule has 0 aliphatic carbocycles. The highest BCUT2D eigenvalue weighted by molar-refractivity contribution is 6.18. The molecule has 50 valence electrons. The van der Waals surface area contributed by atoms with Gasteiger partial charge in [0.1, 0.15) is 0 Å². The molecule has 0 saturated heterocycles. The van der Waals surface area contributed by atoms with E-state index in [0.29, 0.717) is 0 Å². The summed E-state index contributed by atoms with van der Waals surface area (Å²) < 4.78 is 72.1. The van der Waals surface area contributed by atoms with Gasteiger partial charge in [-0.25, -0.2) is 0 Å². The maximum Gasteiger partial charge on any atom is 0.0428 e. The van der Waals surface area contributed by atoms with Gasteiger partial charge in [-0.1, -0.05) is 13.7 Å². The minimum atomic E-state index is -3.20. The average molecular weight is 146 g/mol. The maximum absolute atomic E-state index is 7.46. The summed E-state index contributed by atoms with van der Waals surface area (Å²) in [7, 11) is 0. The minimum absolute atomic E-state index is 0.132. The van der Waals surface area contributed by atoms with Crippen LogP contribution in [0.2, 0.25) is 0 Å². The normalized spacial score (nSPS) is 35.8. The zero-order valence-electron chi connectivity index (χ0n) is 14.2. The fourth-order valence-electron chi connectivity index (χ4n) is 0.224. The van der Waals surface area contributed by atoms with Crippen molar-refractivity contribution in [3.8, 4) is 0 Å². The minimum Gasteiger partial charge on any atom is -0.303 e. The molecular weight excluding hydrogens is 122 g/mol. The Hall–Kier alpha value is 0.250. The van der Waals surface area contributed by atoms with Crippen molar-refractivity contribution in [2.24, 2.45) is 0 Å². The van der Waals surface area contributed by atoms with Crippen LogP contribution in [-0.4, -0.2) is 30.3 Å². The molecule has 0 unspecified atom stereocenters. The Morgan fingerprint density at radius 2 is 2.25 bits per heavy atom. The van der Waals surface area contributed by atoms with Gasteiger partial charge >= 0.3 is 0 Å². The van der Waals surface area contributed by atoms with Gasteiger partial charge in [0.15, 0.2) is 0 Å². The first-order valence-electron chi connectivity index (χ1n) is 7.03. The highest BCUT2D eigenvalue weighted by atomic mass is 35.5. The quantitative estimate of drug-likeness (QED) is 0.543. The number of halogens is 1. The van der Waals surface area contributed by atoms with Crippen LogP contribution in [0, 0.1) is 0 Å². The molecule has 0 aliphatic heterocycles. The van der Waals surface area contributed by atoms with Gasteiger partial charge in [-0.15, -0.1) is 11.6 Å². The van der Waals surface area contributed by atoms with E-state index in [2.05, 4.69) is 0 Å². The molecule has 0 amide bonds. The predicted octanol–water partition coefficient (Wildman–Crippen LogP) is 1.57. The van der Waals surface area contributed by atoms with Gasteiger partial charge in [0.05, 0.1) is 0 Å². The van der Waals surface area contributed by atoms with Crippen LogP contribution >= 0.6 is 11.6 Å². The van der Waals surface area contributed by atoms with Crippen molar-refractivity contribution in [2.45, 2.75) is 13.7 Å². The first-order chi connectivity index (χ1) is 7.69. The van der Waals surface area contributed by atoms with E-state index in [1.54, 1.807) is 0 Å². The van der Waals surface area contributed by atoms with Crippen LogP contribution in [0.25, 0.3) is 0 Å². The third-order valence-corrected chi connectivity index (χ3v) is 0.747. The lowest BCUT2D eigenvalue weighted by Gasteiger charge is -2.14. The lowest BCUT2D eigenvalue weighted by Crippen LogP contribution is -2.24. The Morgan fingerprint density at radius 1 is 1.62 bits per heavy atom. The standard InChI is InChI=1S/C6H14ClN/c1-3-8(4-2)6-5-7/h3-6H2,1-2H3/i1D3,2D3,3D2,4D2. The molecule has 0 N–H and O–H groups in total. The van der Waals surface area contributed by atoms with Gasteiger partial charge in [-0.05, 0) is 13.0 Å². The molecule has 8 heavy (non-hydrogen) atoms. The number of hydrogen-bond donors (Lipinski definition) is 0. The summed E-state index contributed by atoms with van der Waals surface area (Å²) in [6, 6.07) is 0. The molecule has 0 heterocycles. The van der Waals surface area contributed by atoms with Crippen LogP contribution in [0.4, 0.5) is 0 Å². The maximum atomic E-state index is 7.46. The van der Waals surface area contributed by atoms with Crippen molar-refractivity contribution in [2.75, 3.05) is 25.4 Å². The first-order valence-corrected chi connectivity index (χ1v) is 2.57. The third-order valence-electron chi connectivity index (χ3n) is 0.578. The van der Waals surface area contributed by atoms with Gasteiger partial charge in [0.25, 0.3) is 0 Å². The fourth-order valence-corrected chi connectivity index (χ4v) is 0.393. The lowest BCUT2D eigenvalue weighted by atomic mass is 10.5. The largest absolute Gasteiger partial charge is 0.303 e. The zero-order valence-corrected chi connectivity index (χ0v) is 5.00. The van der Waals surface area contributed by atoms with E-state index in [0.717, 1.165) is 0 Å². The summed E-state index contributed by atoms with van der Waals surface area (Å²) in [4.78, 5) is 0.132. The second-order valence-corrected chi connectivity index (χ2v) is 1.44. The molecule has 0 bridgehead atoms. The molecule has 0 aliphatic rings. The number of alkyl halides is 1. The topological polar surface area (TPSA) is 3.24 Å². The van der Waals surface area contributed by atoms with Gasteiger partial charge in [0.2, 0.25) is 0 Å². The van der Waals surface area contributed by atoms with E-state index < -0.39 is 33.2 Å². The van der Waals surface area contributed by atoms with Gasteiger partial charge in [-0.2, -0.15) is 0 Å². The van der Waals surface area contributed by atoms with Crippen LogP contribution in [0.3, 0.4) is 0 Å². The molecule has 0 saturated carbocycles. The van der Waals surface area contributed by atoms with E-state index >= 15 is 0 Å². The summed E-state index contributed by atoms with van der Waals surface area (Å²) in [6.45, 7) is -13.2. The Balaban J connectivity index is 5.60. The molecule has 0 atom stereocenters. The highest BCUT2D eigenvalue weighted by Gasteiger charge is 1.93. The monoisotopic (exact) mass is 145 g/mol. The molecule has 0 aromatic heterocycles. The van der Waals surface area contributed by atoms with Crippen molar-refractivity contribution in [1.29, 1.82) is 0 Å². The number of hydrogen-bond acceptors (Lipinski definition) is 1. The SMILES string of the molecule is [2H]C([2H])([2H])C([2H])([2H])N(CCCl)C([2H])([2H])C([2H])([2H])[2H]. The highest BCUT2D eigenvalue weighted by Crippen LogP contribution is 1.86. The van der Waals surface area contributed by atoms with E-state index in [1.165, 1.54) is 0 Å². The molecule has 0 radical (unpaired) electrons. The van der Waals surface area contributed by atoms with E-state index in [-0.39, 0.29) is 10.8 Å². The Bertz CT molecular complexity index is 255. The summed E-state index contributed by atoms with van der Waals surface area (Å²) in [5, 5.41) is 0. The fraction of sp³-hybridized carbons (Fsp3) is 1.00. The Labute approximate surface area is 70.7 Å². The van der Waals surface area contributed by atoms with E-state index in [4.69, 9.17) is 25.3 Å². The van der Waals surface area contributed by atoms with Crippen LogP contribution in [0.15, 0.2) is 0 Å². The second-order valence-electron chi connectivity index (χ2n) is 1.06. The lowest BCUT2D eigenvalue weighted by molar-refractivity contribution is 0.323. The summed E-state index contributed by atoms with van der Waals surface area (Å²) in [6.07, 6.45) is 0. The van der Waals surface area contributed by atoms with Crippen LogP contribution in [-0.2, 0) is 0 Å². The van der Waals surface area contributed by atoms with Crippen LogP contribution < -0.4 is 0 Å². The van der Waals surface area contributed by atoms with Gasteiger partial charge < -0.3 is 4.90 Å². The predicted molar refractivity (Wildman–Crippen MR) is 38.5 cm³/mol. The van der Waals surface area contributed by atoms with E-state index in [1.807, 2.05) is 0 Å². The second kappa shape index (κ2) is 5.39. The Kier molecular flexibility index (Phi) is 0.981. The van der Waals surface area contributed by atoms with Crippen molar-refractivity contribution < 1.29 is 13.7 Å². The molecule has 0 aromatic rings. The Morgan fingerprint density at radius 3 is 2.62 bits per heavy atom. The van der Waals surface area contributed by atoms with E-state index in [9.17, 15) is 0 Å². The third kappa shape index (κ3) is 3.28. The molecule has 0 spiro atoms. The summed E-state index contributed by atoms with van der Waals surface area (Å²) in [5.74, 6) is -0.300. The summed E-state index contributed by atoms with van der Waals surface area (Å²) >= 11 is 5.37. The molecule has 0 fully saturated rings. The number of rotatable bonds is 4. The zero-order chi connectivity index (χ0) is 15.0. The molecule has 1 nitrogen and oxygen atoms in total. The first kappa shape index (κ1) is 1.46. The molecule has 0 rings (SSSR count). The average Bonchev–Trinajstić information content (AvgIpc) is 2.09. The number of nitrogens with zero attached hydrogens (tertiary/aromatic N) is 1. The van der Waals surface area contributed by atoms with Gasteiger partial charge in [-0.3, -0.25) is 0 Å². The van der Waals surface area contributed by atoms with Crippen LogP contribution in [0.5, 0.6) is 0 Å². The van der Waals surface area contributed by atoms with Gasteiger partial charge in [0, 0.05) is 26.1 Å². The summed E-state index contributed by atoms with van der Waals surface area (Å²) in [5.41, 5.74) is 0. The van der Waals surface area contributed by atoms with Crippen molar-refractivity contribution in [3.63, 3.8) is 0 Å². The molecule has 2 heteroatoms. The smallest absolute Gasteiger partial charge is 0.0428 e. The van der Waals surface area contributed by atoms with Crippen molar-refractivity contribution in [3.05, 3.63) is 0 Å². The van der Waals surface area contributed by atoms with Crippen molar-refractivity contribution in [1.82, 2.24) is 4.90 Å². The molecular formula is C6H14ClN. The van der Waals surface area contributed by atoms with Crippen molar-refractivity contribution >= 4 is 11.6 Å².